The number of hydrogen-bond donors (Lipinski definition) is 1. The molecule has 2 aromatic heterocycles. The highest BCUT2D eigenvalue weighted by Crippen LogP contribution is 2.37. The number of nitrogens with zero attached hydrogens (tertiary/aromatic N) is 4. The molecule has 4 rings (SSSR count). The highest BCUT2D eigenvalue weighted by atomic mass is 35.5. The Kier molecular flexibility index (Phi) is 6.75. The van der Waals surface area contributed by atoms with Crippen LogP contribution in [-0.4, -0.2) is 53.0 Å². The molecule has 1 aromatic carbocycles. The van der Waals surface area contributed by atoms with Crippen molar-refractivity contribution in [1.29, 1.82) is 0 Å². The summed E-state index contributed by atoms with van der Waals surface area (Å²) in [7, 11) is -2.08. The molecule has 1 N–H and O–H groups in total. The Hall–Kier alpha value is -2.82. The molecule has 0 radical (unpaired) electrons. The van der Waals surface area contributed by atoms with Gasteiger partial charge < -0.3 is 5.32 Å². The predicted molar refractivity (Wildman–Crippen MR) is 126 cm³/mol. The van der Waals surface area contributed by atoms with Crippen LogP contribution in [0.1, 0.15) is 34.5 Å². The fraction of sp³-hybridized carbons (Fsp3) is 0.348. The number of hydrogen-bond acceptors (Lipinski definition) is 5. The highest BCUT2D eigenvalue weighted by molar-refractivity contribution is 7.89. The van der Waals surface area contributed by atoms with Gasteiger partial charge in [0.25, 0.3) is 5.91 Å². The molecule has 1 aliphatic rings. The number of halogens is 2. The number of rotatable bonds is 6. The molecular weight excluding hydrogens is 481 g/mol. The molecule has 0 aliphatic carbocycles. The van der Waals surface area contributed by atoms with Gasteiger partial charge in [0, 0.05) is 55.1 Å². The fourth-order valence-electron chi connectivity index (χ4n) is 4.34. The van der Waals surface area contributed by atoms with Gasteiger partial charge in [-0.15, -0.1) is 0 Å². The number of aryl methyl sites for hydroxylation is 2. The molecule has 1 aliphatic heterocycles. The van der Waals surface area contributed by atoms with E-state index in [9.17, 15) is 17.6 Å². The second-order valence-electron chi connectivity index (χ2n) is 8.51. The number of nitrogens with one attached hydrogen (secondary N) is 1. The van der Waals surface area contributed by atoms with Gasteiger partial charge in [-0.25, -0.2) is 12.8 Å². The molecule has 34 heavy (non-hydrogen) atoms. The Labute approximate surface area is 202 Å². The third kappa shape index (κ3) is 4.70. The average molecular weight is 506 g/mol. The van der Waals surface area contributed by atoms with Gasteiger partial charge in [0.15, 0.2) is 0 Å². The number of carbonyl (C=O) groups is 1. The van der Waals surface area contributed by atoms with Crippen LogP contribution >= 0.6 is 11.6 Å². The van der Waals surface area contributed by atoms with Crippen LogP contribution in [-0.2, 0) is 22.5 Å². The molecule has 0 atom stereocenters. The molecule has 0 saturated carbocycles. The van der Waals surface area contributed by atoms with Crippen LogP contribution in [0.3, 0.4) is 0 Å². The van der Waals surface area contributed by atoms with Gasteiger partial charge in [0.1, 0.15) is 10.7 Å². The normalized spacial score (nSPS) is 16.4. The Morgan fingerprint density at radius 1 is 1.26 bits per heavy atom. The van der Waals surface area contributed by atoms with Crippen molar-refractivity contribution >= 4 is 27.5 Å². The maximum Gasteiger partial charge on any atom is 0.251 e. The molecule has 1 saturated heterocycles. The summed E-state index contributed by atoms with van der Waals surface area (Å²) in [6, 6.07) is 7.81. The van der Waals surface area contributed by atoms with Gasteiger partial charge in [0.2, 0.25) is 10.0 Å². The number of amides is 1. The van der Waals surface area contributed by atoms with E-state index in [1.54, 1.807) is 32.2 Å². The predicted octanol–water partition coefficient (Wildman–Crippen LogP) is 3.07. The third-order valence-electron chi connectivity index (χ3n) is 6.28. The van der Waals surface area contributed by atoms with Gasteiger partial charge in [-0.2, -0.15) is 9.40 Å². The molecular formula is C23H25ClFN5O3S. The van der Waals surface area contributed by atoms with Crippen LogP contribution < -0.4 is 5.32 Å². The van der Waals surface area contributed by atoms with Crippen molar-refractivity contribution in [2.24, 2.45) is 7.05 Å². The van der Waals surface area contributed by atoms with E-state index in [-0.39, 0.29) is 36.1 Å². The molecule has 1 fully saturated rings. The van der Waals surface area contributed by atoms with Crippen LogP contribution in [0.25, 0.3) is 0 Å². The molecule has 3 aromatic rings. The first-order valence-corrected chi connectivity index (χ1v) is 12.6. The summed E-state index contributed by atoms with van der Waals surface area (Å²) in [6.07, 6.45) is 4.85. The van der Waals surface area contributed by atoms with E-state index in [1.165, 1.54) is 39.7 Å². The van der Waals surface area contributed by atoms with E-state index < -0.39 is 21.3 Å². The number of carbonyl (C=O) groups excluding carboxylic acids is 1. The van der Waals surface area contributed by atoms with Crippen LogP contribution in [0, 0.1) is 12.7 Å². The van der Waals surface area contributed by atoms with Crippen molar-refractivity contribution in [3.8, 4) is 0 Å². The van der Waals surface area contributed by atoms with E-state index >= 15 is 0 Å². The quantitative estimate of drug-likeness (QED) is 0.555. The molecule has 0 spiro atoms. The standard InChI is InChI=1S/C23H25ClFN5O3S/c1-16-12-17(24)5-6-19(16)22(31)27-15-23(21-20(25)4-3-9-26-21)7-10-30(11-8-23)34(32,33)18-13-28-29(2)14-18/h3-6,9,12-14H,7-8,10-11,15H2,1-2H3,(H,27,31). The first-order chi connectivity index (χ1) is 16.1. The first-order valence-electron chi connectivity index (χ1n) is 10.8. The molecule has 0 unspecified atom stereocenters. The summed E-state index contributed by atoms with van der Waals surface area (Å²) in [6.45, 7) is 2.21. The minimum atomic E-state index is -3.73. The minimum absolute atomic E-state index is 0.109. The van der Waals surface area contributed by atoms with Gasteiger partial charge in [-0.1, -0.05) is 11.6 Å². The van der Waals surface area contributed by atoms with E-state index in [4.69, 9.17) is 11.6 Å². The third-order valence-corrected chi connectivity index (χ3v) is 8.37. The number of sulfonamides is 1. The maximum atomic E-state index is 14.8. The lowest BCUT2D eigenvalue weighted by atomic mass is 9.75. The van der Waals surface area contributed by atoms with E-state index in [2.05, 4.69) is 15.4 Å². The number of benzene rings is 1. The van der Waals surface area contributed by atoms with E-state index in [0.717, 1.165) is 5.56 Å². The molecule has 0 bridgehead atoms. The summed E-state index contributed by atoms with van der Waals surface area (Å²) in [4.78, 5) is 17.3. The maximum absolute atomic E-state index is 14.8. The van der Waals surface area contributed by atoms with Crippen LogP contribution in [0.15, 0.2) is 53.8 Å². The first kappa shape index (κ1) is 24.3. The fourth-order valence-corrected chi connectivity index (χ4v) is 5.99. The average Bonchev–Trinajstić information content (AvgIpc) is 3.25. The Bertz CT molecular complexity index is 1320. The van der Waals surface area contributed by atoms with Crippen LogP contribution in [0.5, 0.6) is 0 Å². The topological polar surface area (TPSA) is 97.2 Å². The summed E-state index contributed by atoms with van der Waals surface area (Å²) < 4.78 is 43.7. The minimum Gasteiger partial charge on any atom is -0.351 e. The van der Waals surface area contributed by atoms with Gasteiger partial charge in [-0.05, 0) is 55.7 Å². The van der Waals surface area contributed by atoms with Crippen molar-refractivity contribution < 1.29 is 17.6 Å². The molecule has 3 heterocycles. The largest absolute Gasteiger partial charge is 0.351 e. The zero-order valence-electron chi connectivity index (χ0n) is 18.8. The zero-order chi connectivity index (χ0) is 24.5. The van der Waals surface area contributed by atoms with Crippen molar-refractivity contribution in [2.45, 2.75) is 30.1 Å². The van der Waals surface area contributed by atoms with Crippen molar-refractivity contribution in [2.75, 3.05) is 19.6 Å². The van der Waals surface area contributed by atoms with E-state index in [0.29, 0.717) is 23.4 Å². The van der Waals surface area contributed by atoms with Crippen molar-refractivity contribution in [3.63, 3.8) is 0 Å². The van der Waals surface area contributed by atoms with Crippen LogP contribution in [0.4, 0.5) is 4.39 Å². The number of piperidine rings is 1. The van der Waals surface area contributed by atoms with Crippen LogP contribution in [0.2, 0.25) is 5.02 Å². The van der Waals surface area contributed by atoms with Gasteiger partial charge in [-0.3, -0.25) is 14.5 Å². The lowest BCUT2D eigenvalue weighted by molar-refractivity contribution is 0.0930. The summed E-state index contributed by atoms with van der Waals surface area (Å²) in [5.74, 6) is -0.793. The molecule has 180 valence electrons. The Balaban J connectivity index is 1.57. The summed E-state index contributed by atoms with van der Waals surface area (Å²) in [5.41, 5.74) is 0.557. The summed E-state index contributed by atoms with van der Waals surface area (Å²) in [5, 5.41) is 7.40. The second-order valence-corrected chi connectivity index (χ2v) is 10.9. The lowest BCUT2D eigenvalue weighted by Gasteiger charge is -2.41. The smallest absolute Gasteiger partial charge is 0.251 e. The molecule has 8 nitrogen and oxygen atoms in total. The number of aromatic nitrogens is 3. The van der Waals surface area contributed by atoms with E-state index in [1.807, 2.05) is 0 Å². The van der Waals surface area contributed by atoms with Crippen molar-refractivity contribution in [1.82, 2.24) is 24.4 Å². The lowest BCUT2D eigenvalue weighted by Crippen LogP contribution is -2.51. The molecule has 1 amide bonds. The summed E-state index contributed by atoms with van der Waals surface area (Å²) >= 11 is 6.00. The Morgan fingerprint density at radius 3 is 2.62 bits per heavy atom. The van der Waals surface area contributed by atoms with Gasteiger partial charge >= 0.3 is 0 Å². The SMILES string of the molecule is Cc1cc(Cl)ccc1C(=O)NCC1(c2ncccc2F)CCN(S(=O)(=O)c2cnn(C)c2)CC1. The number of pyridine rings is 1. The monoisotopic (exact) mass is 505 g/mol. The molecule has 11 heteroatoms. The van der Waals surface area contributed by atoms with Crippen molar-refractivity contribution in [3.05, 3.63) is 76.6 Å². The highest BCUT2D eigenvalue weighted by Gasteiger charge is 2.42. The van der Waals surface area contributed by atoms with Gasteiger partial charge in [0.05, 0.1) is 11.9 Å². The zero-order valence-corrected chi connectivity index (χ0v) is 20.4. The second kappa shape index (κ2) is 9.44. The Morgan fingerprint density at radius 2 is 2.00 bits per heavy atom.